The Morgan fingerprint density at radius 1 is 1.15 bits per heavy atom. The summed E-state index contributed by atoms with van der Waals surface area (Å²) in [5, 5.41) is 6.48. The first kappa shape index (κ1) is 23.2. The molecule has 0 aliphatic heterocycles. The molecule has 0 radical (unpaired) electrons. The molecule has 154 valence electrons. The molecule has 0 aromatic rings. The Morgan fingerprint density at radius 3 is 2.54 bits per heavy atom. The van der Waals surface area contributed by atoms with E-state index in [1.165, 1.54) is 36.4 Å². The van der Waals surface area contributed by atoms with Gasteiger partial charge < -0.3 is 15.4 Å². The molecule has 1 saturated carbocycles. The predicted molar refractivity (Wildman–Crippen MR) is 108 cm³/mol. The molecular formula is C18H38N4O3S. The van der Waals surface area contributed by atoms with Crippen molar-refractivity contribution in [3.63, 3.8) is 0 Å². The van der Waals surface area contributed by atoms with Crippen LogP contribution in [-0.2, 0) is 14.8 Å². The lowest BCUT2D eigenvalue weighted by atomic mass is 9.98. The third kappa shape index (κ3) is 9.73. The van der Waals surface area contributed by atoms with Crippen LogP contribution in [0.25, 0.3) is 0 Å². The SMILES string of the molecule is CCNC(=NCCCOC1CCCCC1)NCCCN(C)S(=O)(=O)CC. The Balaban J connectivity index is 2.19. The van der Waals surface area contributed by atoms with Gasteiger partial charge in [0, 0.05) is 39.8 Å². The summed E-state index contributed by atoms with van der Waals surface area (Å²) in [5.41, 5.74) is 0. The van der Waals surface area contributed by atoms with Gasteiger partial charge in [-0.25, -0.2) is 12.7 Å². The molecule has 2 N–H and O–H groups in total. The predicted octanol–water partition coefficient (Wildman–Crippen LogP) is 1.95. The van der Waals surface area contributed by atoms with Crippen LogP contribution in [0.3, 0.4) is 0 Å². The molecule has 8 heteroatoms. The summed E-state index contributed by atoms with van der Waals surface area (Å²) in [6, 6.07) is 0. The lowest BCUT2D eigenvalue weighted by molar-refractivity contribution is 0.0281. The second kappa shape index (κ2) is 13.3. The van der Waals surface area contributed by atoms with Crippen LogP contribution in [0.2, 0.25) is 0 Å². The third-order valence-corrected chi connectivity index (χ3v) is 6.47. The monoisotopic (exact) mass is 390 g/mol. The Hall–Kier alpha value is -0.860. The highest BCUT2D eigenvalue weighted by Crippen LogP contribution is 2.20. The number of ether oxygens (including phenoxy) is 1. The number of aliphatic imine (C=N–C) groups is 1. The average molecular weight is 391 g/mol. The number of hydrogen-bond donors (Lipinski definition) is 2. The molecule has 26 heavy (non-hydrogen) atoms. The van der Waals surface area contributed by atoms with Gasteiger partial charge >= 0.3 is 0 Å². The van der Waals surface area contributed by atoms with Crippen molar-refractivity contribution >= 4 is 16.0 Å². The lowest BCUT2D eigenvalue weighted by Gasteiger charge is -2.21. The molecule has 1 aliphatic carbocycles. The molecule has 1 aliphatic rings. The van der Waals surface area contributed by atoms with E-state index in [0.29, 0.717) is 19.2 Å². The minimum Gasteiger partial charge on any atom is -0.378 e. The van der Waals surface area contributed by atoms with E-state index in [4.69, 9.17) is 4.74 Å². The van der Waals surface area contributed by atoms with Crippen molar-refractivity contribution < 1.29 is 13.2 Å². The van der Waals surface area contributed by atoms with Crippen molar-refractivity contribution in [2.75, 3.05) is 45.6 Å². The van der Waals surface area contributed by atoms with Crippen LogP contribution in [0, 0.1) is 0 Å². The van der Waals surface area contributed by atoms with E-state index >= 15 is 0 Å². The molecule has 0 atom stereocenters. The fraction of sp³-hybridized carbons (Fsp3) is 0.944. The summed E-state index contributed by atoms with van der Waals surface area (Å²) in [6.07, 6.45) is 8.47. The normalized spacial score (nSPS) is 16.8. The Labute approximate surface area is 160 Å². The lowest BCUT2D eigenvalue weighted by Crippen LogP contribution is -2.39. The van der Waals surface area contributed by atoms with E-state index in [0.717, 1.165) is 38.5 Å². The van der Waals surface area contributed by atoms with Gasteiger partial charge in [-0.05, 0) is 39.5 Å². The first-order valence-electron chi connectivity index (χ1n) is 10.1. The van der Waals surface area contributed by atoms with E-state index in [9.17, 15) is 8.42 Å². The van der Waals surface area contributed by atoms with E-state index in [1.54, 1.807) is 14.0 Å². The molecule has 0 heterocycles. The fourth-order valence-electron chi connectivity index (χ4n) is 2.95. The number of rotatable bonds is 12. The first-order chi connectivity index (χ1) is 12.5. The van der Waals surface area contributed by atoms with Crippen LogP contribution < -0.4 is 10.6 Å². The maximum Gasteiger partial charge on any atom is 0.213 e. The zero-order chi connectivity index (χ0) is 19.3. The van der Waals surface area contributed by atoms with Gasteiger partial charge in [0.25, 0.3) is 0 Å². The van der Waals surface area contributed by atoms with Crippen LogP contribution >= 0.6 is 0 Å². The summed E-state index contributed by atoms with van der Waals surface area (Å²) in [4.78, 5) is 4.56. The molecule has 0 aromatic heterocycles. The maximum absolute atomic E-state index is 11.7. The summed E-state index contributed by atoms with van der Waals surface area (Å²) in [7, 11) is -1.46. The number of nitrogens with one attached hydrogen (secondary N) is 2. The van der Waals surface area contributed by atoms with Gasteiger partial charge in [-0.2, -0.15) is 0 Å². The molecule has 0 saturated heterocycles. The maximum atomic E-state index is 11.7. The van der Waals surface area contributed by atoms with Crippen LogP contribution in [0.5, 0.6) is 0 Å². The second-order valence-corrected chi connectivity index (χ2v) is 9.11. The summed E-state index contributed by atoms with van der Waals surface area (Å²) in [5.74, 6) is 0.926. The Bertz CT molecular complexity index is 491. The van der Waals surface area contributed by atoms with Gasteiger partial charge in [0.15, 0.2) is 5.96 Å². The molecule has 0 aromatic carbocycles. The summed E-state index contributed by atoms with van der Waals surface area (Å²) in [6.45, 7) is 7.20. The van der Waals surface area contributed by atoms with Gasteiger partial charge in [0.2, 0.25) is 10.0 Å². The quantitative estimate of drug-likeness (QED) is 0.302. The van der Waals surface area contributed by atoms with Gasteiger partial charge in [-0.15, -0.1) is 0 Å². The minimum atomic E-state index is -3.09. The van der Waals surface area contributed by atoms with Gasteiger partial charge in [-0.3, -0.25) is 4.99 Å². The first-order valence-corrected chi connectivity index (χ1v) is 11.7. The number of sulfonamides is 1. The van der Waals surface area contributed by atoms with Crippen LogP contribution in [0.15, 0.2) is 4.99 Å². The zero-order valence-electron chi connectivity index (χ0n) is 16.8. The van der Waals surface area contributed by atoms with E-state index in [1.807, 2.05) is 6.92 Å². The third-order valence-electron chi connectivity index (χ3n) is 4.60. The number of guanidine groups is 1. The van der Waals surface area contributed by atoms with Gasteiger partial charge in [-0.1, -0.05) is 19.3 Å². The molecule has 0 bridgehead atoms. The van der Waals surface area contributed by atoms with Crippen molar-refractivity contribution in [2.45, 2.75) is 64.9 Å². The van der Waals surface area contributed by atoms with Crippen molar-refractivity contribution in [3.8, 4) is 0 Å². The standard InChI is InChI=1S/C18H38N4O3S/c1-4-19-18(20-13-9-15-22(3)26(23,24)5-2)21-14-10-16-25-17-11-7-6-8-12-17/h17H,4-16H2,1-3H3,(H2,19,20,21). The highest BCUT2D eigenvalue weighted by Gasteiger charge is 2.14. The summed E-state index contributed by atoms with van der Waals surface area (Å²) >= 11 is 0. The molecular weight excluding hydrogens is 352 g/mol. The number of hydrogen-bond acceptors (Lipinski definition) is 4. The van der Waals surface area contributed by atoms with E-state index < -0.39 is 10.0 Å². The van der Waals surface area contributed by atoms with Crippen LogP contribution in [0.1, 0.15) is 58.8 Å². The molecule has 0 unspecified atom stereocenters. The van der Waals surface area contributed by atoms with Crippen molar-refractivity contribution in [2.24, 2.45) is 4.99 Å². The zero-order valence-corrected chi connectivity index (χ0v) is 17.6. The highest BCUT2D eigenvalue weighted by atomic mass is 32.2. The molecule has 1 fully saturated rings. The van der Waals surface area contributed by atoms with Gasteiger partial charge in [0.1, 0.15) is 0 Å². The Morgan fingerprint density at radius 2 is 1.88 bits per heavy atom. The molecule has 1 rings (SSSR count). The van der Waals surface area contributed by atoms with Crippen molar-refractivity contribution in [1.29, 1.82) is 0 Å². The highest BCUT2D eigenvalue weighted by molar-refractivity contribution is 7.89. The molecule has 0 amide bonds. The largest absolute Gasteiger partial charge is 0.378 e. The van der Waals surface area contributed by atoms with Gasteiger partial charge in [0.05, 0.1) is 11.9 Å². The van der Waals surface area contributed by atoms with E-state index in [-0.39, 0.29) is 5.75 Å². The summed E-state index contributed by atoms with van der Waals surface area (Å²) < 4.78 is 30.7. The fourth-order valence-corrected chi connectivity index (χ4v) is 3.79. The van der Waals surface area contributed by atoms with Crippen molar-refractivity contribution in [1.82, 2.24) is 14.9 Å². The van der Waals surface area contributed by atoms with Crippen molar-refractivity contribution in [3.05, 3.63) is 0 Å². The smallest absolute Gasteiger partial charge is 0.213 e. The van der Waals surface area contributed by atoms with Crippen LogP contribution in [-0.4, -0.2) is 70.4 Å². The van der Waals surface area contributed by atoms with Crippen LogP contribution in [0.4, 0.5) is 0 Å². The second-order valence-electron chi connectivity index (χ2n) is 6.75. The topological polar surface area (TPSA) is 83.0 Å². The minimum absolute atomic E-state index is 0.143. The van der Waals surface area contributed by atoms with E-state index in [2.05, 4.69) is 15.6 Å². The average Bonchev–Trinajstić information content (AvgIpc) is 2.65. The Kier molecular flexibility index (Phi) is 11.9. The number of nitrogens with zero attached hydrogens (tertiary/aromatic N) is 2. The molecule has 0 spiro atoms. The molecule has 7 nitrogen and oxygen atoms in total.